The highest BCUT2D eigenvalue weighted by Gasteiger charge is 2.39. The average molecular weight is 431 g/mol. The predicted molar refractivity (Wildman–Crippen MR) is 115 cm³/mol. The van der Waals surface area contributed by atoms with Crippen LogP contribution in [0.15, 0.2) is 18.2 Å². The largest absolute Gasteiger partial charge is 0.381 e. The van der Waals surface area contributed by atoms with Gasteiger partial charge in [-0.05, 0) is 56.7 Å². The summed E-state index contributed by atoms with van der Waals surface area (Å²) in [4.78, 5) is 35.1. The number of nitrogens with zero attached hydrogens (tertiary/aromatic N) is 2. The maximum atomic E-state index is 13.4. The minimum absolute atomic E-state index is 0.0230. The fourth-order valence-electron chi connectivity index (χ4n) is 4.58. The van der Waals surface area contributed by atoms with Crippen LogP contribution >= 0.6 is 0 Å². The third-order valence-electron chi connectivity index (χ3n) is 6.56. The van der Waals surface area contributed by atoms with Crippen molar-refractivity contribution in [3.63, 3.8) is 0 Å². The Morgan fingerprint density at radius 1 is 1.35 bits per heavy atom. The number of amides is 2. The molecule has 0 radical (unpaired) electrons. The van der Waals surface area contributed by atoms with Crippen LogP contribution in [0.25, 0.3) is 11.0 Å². The van der Waals surface area contributed by atoms with E-state index in [1.165, 1.54) is 12.1 Å². The molecule has 7 nitrogen and oxygen atoms in total. The number of benzene rings is 1. The number of hydrogen-bond donors (Lipinski definition) is 2. The van der Waals surface area contributed by atoms with Gasteiger partial charge in [0.15, 0.2) is 0 Å². The van der Waals surface area contributed by atoms with Crippen molar-refractivity contribution in [3.05, 3.63) is 29.8 Å². The number of likely N-dealkylation sites (tertiary alicyclic amines) is 1. The van der Waals surface area contributed by atoms with Crippen LogP contribution in [0.5, 0.6) is 0 Å². The quantitative estimate of drug-likeness (QED) is 0.738. The summed E-state index contributed by atoms with van der Waals surface area (Å²) >= 11 is 0. The van der Waals surface area contributed by atoms with Crippen molar-refractivity contribution in [2.75, 3.05) is 32.8 Å². The molecule has 2 aliphatic heterocycles. The molecule has 2 aromatic rings. The first-order chi connectivity index (χ1) is 14.9. The van der Waals surface area contributed by atoms with E-state index in [-0.39, 0.29) is 17.6 Å². The van der Waals surface area contributed by atoms with Gasteiger partial charge in [0.2, 0.25) is 11.8 Å². The van der Waals surface area contributed by atoms with Crippen LogP contribution in [-0.4, -0.2) is 59.5 Å². The van der Waals surface area contributed by atoms with E-state index >= 15 is 0 Å². The molecule has 0 unspecified atom stereocenters. The molecule has 2 N–H and O–H groups in total. The number of aromatic nitrogens is 2. The summed E-state index contributed by atoms with van der Waals surface area (Å²) in [6.45, 7) is 5.28. The van der Waals surface area contributed by atoms with Gasteiger partial charge in [0.05, 0.1) is 16.4 Å². The lowest BCUT2D eigenvalue weighted by molar-refractivity contribution is -0.140. The minimum atomic E-state index is -0.560. The molecule has 4 rings (SSSR count). The Hall–Kier alpha value is -2.48. The molecule has 1 aromatic heterocycles. The SMILES string of the molecule is C[C@@]1(C(=O)NCC2CCOCC2)CCCN(C(=O)CCc2nc3ccc(F)cc3[nH]2)C1. The van der Waals surface area contributed by atoms with Crippen molar-refractivity contribution in [1.82, 2.24) is 20.2 Å². The first kappa shape index (κ1) is 21.7. The van der Waals surface area contributed by atoms with Crippen molar-refractivity contribution >= 4 is 22.8 Å². The molecular formula is C23H31FN4O3. The van der Waals surface area contributed by atoms with Crippen molar-refractivity contribution in [2.45, 2.75) is 45.4 Å². The van der Waals surface area contributed by atoms with Gasteiger partial charge in [-0.3, -0.25) is 9.59 Å². The van der Waals surface area contributed by atoms with Crippen molar-refractivity contribution in [3.8, 4) is 0 Å². The molecule has 0 bridgehead atoms. The normalized spacial score (nSPS) is 22.6. The standard InChI is InChI=1S/C23H31FN4O3/c1-23(22(30)25-14-16-7-11-31-12-8-16)9-2-10-28(15-23)21(29)6-5-20-26-18-4-3-17(24)13-19(18)27-20/h3-4,13,16H,2,5-12,14-15H2,1H3,(H,25,30)(H,26,27)/t23-/m1/s1. The summed E-state index contributed by atoms with van der Waals surface area (Å²) in [7, 11) is 0. The summed E-state index contributed by atoms with van der Waals surface area (Å²) in [5.41, 5.74) is 0.764. The number of ether oxygens (including phenoxy) is 1. The molecule has 2 amide bonds. The van der Waals surface area contributed by atoms with Crippen LogP contribution < -0.4 is 5.32 Å². The van der Waals surface area contributed by atoms with Crippen LogP contribution in [-0.2, 0) is 20.7 Å². The molecule has 1 aromatic carbocycles. The van der Waals surface area contributed by atoms with Gasteiger partial charge in [-0.15, -0.1) is 0 Å². The summed E-state index contributed by atoms with van der Waals surface area (Å²) < 4.78 is 18.7. The van der Waals surface area contributed by atoms with Crippen molar-refractivity contribution < 1.29 is 18.7 Å². The molecule has 0 aliphatic carbocycles. The Morgan fingerprint density at radius 2 is 2.16 bits per heavy atom. The topological polar surface area (TPSA) is 87.3 Å². The molecule has 2 fully saturated rings. The number of aromatic amines is 1. The Balaban J connectivity index is 1.30. The molecule has 0 spiro atoms. The molecule has 2 aliphatic rings. The number of hydrogen-bond acceptors (Lipinski definition) is 4. The molecule has 31 heavy (non-hydrogen) atoms. The predicted octanol–water partition coefficient (Wildman–Crippen LogP) is 2.81. The minimum Gasteiger partial charge on any atom is -0.381 e. The number of rotatable bonds is 6. The smallest absolute Gasteiger partial charge is 0.227 e. The van der Waals surface area contributed by atoms with E-state index in [4.69, 9.17) is 4.74 Å². The van der Waals surface area contributed by atoms with Gasteiger partial charge >= 0.3 is 0 Å². The van der Waals surface area contributed by atoms with E-state index in [1.54, 1.807) is 11.0 Å². The number of piperidine rings is 1. The number of aryl methyl sites for hydroxylation is 1. The molecule has 8 heteroatoms. The lowest BCUT2D eigenvalue weighted by Gasteiger charge is -2.39. The Kier molecular flexibility index (Phi) is 6.55. The van der Waals surface area contributed by atoms with E-state index in [0.29, 0.717) is 55.3 Å². The van der Waals surface area contributed by atoms with E-state index in [2.05, 4.69) is 15.3 Å². The third-order valence-corrected chi connectivity index (χ3v) is 6.56. The van der Waals surface area contributed by atoms with Gasteiger partial charge in [0.1, 0.15) is 11.6 Å². The van der Waals surface area contributed by atoms with E-state index in [1.807, 2.05) is 6.92 Å². The fraction of sp³-hybridized carbons (Fsp3) is 0.609. The third kappa shape index (κ3) is 5.23. The molecular weight excluding hydrogens is 399 g/mol. The van der Waals surface area contributed by atoms with Gasteiger partial charge in [-0.1, -0.05) is 0 Å². The average Bonchev–Trinajstić information content (AvgIpc) is 3.18. The zero-order valence-electron chi connectivity index (χ0n) is 18.1. The Labute approximate surface area is 181 Å². The van der Waals surface area contributed by atoms with Crippen LogP contribution in [0.4, 0.5) is 4.39 Å². The fourth-order valence-corrected chi connectivity index (χ4v) is 4.58. The highest BCUT2D eigenvalue weighted by atomic mass is 19.1. The van der Waals surface area contributed by atoms with Gasteiger partial charge in [-0.2, -0.15) is 0 Å². The monoisotopic (exact) mass is 430 g/mol. The molecule has 168 valence electrons. The zero-order valence-corrected chi connectivity index (χ0v) is 18.1. The first-order valence-electron chi connectivity index (χ1n) is 11.2. The zero-order chi connectivity index (χ0) is 21.8. The second-order valence-electron chi connectivity index (χ2n) is 9.09. The second-order valence-corrected chi connectivity index (χ2v) is 9.09. The van der Waals surface area contributed by atoms with Crippen LogP contribution in [0, 0.1) is 17.2 Å². The summed E-state index contributed by atoms with van der Waals surface area (Å²) in [6.07, 6.45) is 4.33. The number of fused-ring (bicyclic) bond motifs is 1. The summed E-state index contributed by atoms with van der Waals surface area (Å²) in [5, 5.41) is 3.12. The van der Waals surface area contributed by atoms with Crippen LogP contribution in [0.3, 0.4) is 0 Å². The number of carbonyl (C=O) groups excluding carboxylic acids is 2. The number of nitrogens with one attached hydrogen (secondary N) is 2. The number of carbonyl (C=O) groups is 2. The Morgan fingerprint density at radius 3 is 2.97 bits per heavy atom. The van der Waals surface area contributed by atoms with Crippen molar-refractivity contribution in [1.29, 1.82) is 0 Å². The lowest BCUT2D eigenvalue weighted by atomic mass is 9.80. The summed E-state index contributed by atoms with van der Waals surface area (Å²) in [6, 6.07) is 4.41. The van der Waals surface area contributed by atoms with E-state index in [9.17, 15) is 14.0 Å². The van der Waals surface area contributed by atoms with Gasteiger partial charge in [-0.25, -0.2) is 9.37 Å². The molecule has 0 saturated carbocycles. The number of halogens is 1. The highest BCUT2D eigenvalue weighted by molar-refractivity contribution is 5.84. The van der Waals surface area contributed by atoms with Crippen LogP contribution in [0.2, 0.25) is 0 Å². The Bertz CT molecular complexity index is 940. The number of imidazole rings is 1. The van der Waals surface area contributed by atoms with Gasteiger partial charge in [0, 0.05) is 45.7 Å². The highest BCUT2D eigenvalue weighted by Crippen LogP contribution is 2.30. The molecule has 3 heterocycles. The maximum Gasteiger partial charge on any atom is 0.227 e. The van der Waals surface area contributed by atoms with Gasteiger partial charge in [0.25, 0.3) is 0 Å². The summed E-state index contributed by atoms with van der Waals surface area (Å²) in [5.74, 6) is 0.884. The maximum absolute atomic E-state index is 13.4. The molecule has 2 saturated heterocycles. The second kappa shape index (κ2) is 9.34. The molecule has 1 atom stereocenters. The lowest BCUT2D eigenvalue weighted by Crippen LogP contribution is -2.52. The van der Waals surface area contributed by atoms with Gasteiger partial charge < -0.3 is 19.9 Å². The van der Waals surface area contributed by atoms with E-state index in [0.717, 1.165) is 38.9 Å². The van der Waals surface area contributed by atoms with Crippen LogP contribution in [0.1, 0.15) is 44.9 Å². The van der Waals surface area contributed by atoms with Crippen molar-refractivity contribution in [2.24, 2.45) is 11.3 Å². The van der Waals surface area contributed by atoms with E-state index < -0.39 is 5.41 Å². The first-order valence-corrected chi connectivity index (χ1v) is 11.2. The number of H-pyrrole nitrogens is 1.